The Bertz CT molecular complexity index is 589. The molecule has 8 heteroatoms. The summed E-state index contributed by atoms with van der Waals surface area (Å²) in [5.74, 6) is 0. The Morgan fingerprint density at radius 3 is 2.74 bits per heavy atom. The summed E-state index contributed by atoms with van der Waals surface area (Å²) in [7, 11) is 0. The van der Waals surface area contributed by atoms with Gasteiger partial charge in [-0.1, -0.05) is 0 Å². The molecule has 2 aromatic rings. The molecule has 0 amide bonds. The van der Waals surface area contributed by atoms with E-state index in [4.69, 9.17) is 0 Å². The fraction of sp³-hybridized carbons (Fsp3) is 0.455. The molecule has 0 aliphatic carbocycles. The number of rotatable bonds is 5. The number of nitro groups is 1. The second-order valence-electron chi connectivity index (χ2n) is 4.40. The van der Waals surface area contributed by atoms with Crippen LogP contribution in [-0.2, 0) is 13.1 Å². The maximum atomic E-state index is 10.5. The summed E-state index contributed by atoms with van der Waals surface area (Å²) in [6, 6.07) is 0. The highest BCUT2D eigenvalue weighted by molar-refractivity contribution is 5.20. The third kappa shape index (κ3) is 2.97. The molecule has 2 rings (SSSR count). The van der Waals surface area contributed by atoms with Crippen LogP contribution in [0.15, 0.2) is 18.7 Å². The van der Waals surface area contributed by atoms with Crippen LogP contribution >= 0.6 is 0 Å². The molecule has 0 fully saturated rings. The lowest BCUT2D eigenvalue weighted by Gasteiger charge is -2.12. The average molecular weight is 265 g/mol. The van der Waals surface area contributed by atoms with Crippen molar-refractivity contribution in [2.75, 3.05) is 0 Å². The molecule has 102 valence electrons. The lowest BCUT2D eigenvalue weighted by atomic mass is 10.3. The van der Waals surface area contributed by atoms with Gasteiger partial charge in [0.25, 0.3) is 0 Å². The largest absolute Gasteiger partial charge is 0.389 e. The van der Waals surface area contributed by atoms with Gasteiger partial charge in [0.15, 0.2) is 0 Å². The van der Waals surface area contributed by atoms with Crippen LogP contribution in [0.5, 0.6) is 0 Å². The van der Waals surface area contributed by atoms with E-state index in [1.165, 1.54) is 17.1 Å². The van der Waals surface area contributed by atoms with Gasteiger partial charge < -0.3 is 9.67 Å². The highest BCUT2D eigenvalue weighted by Crippen LogP contribution is 2.10. The number of imidazole rings is 1. The zero-order valence-corrected chi connectivity index (χ0v) is 10.7. The van der Waals surface area contributed by atoms with Crippen molar-refractivity contribution in [3.05, 3.63) is 40.2 Å². The third-order valence-electron chi connectivity index (χ3n) is 2.98. The molecule has 0 saturated carbocycles. The van der Waals surface area contributed by atoms with E-state index < -0.39 is 11.0 Å². The van der Waals surface area contributed by atoms with Crippen LogP contribution in [0.2, 0.25) is 0 Å². The fourth-order valence-corrected chi connectivity index (χ4v) is 1.78. The topological polar surface area (TPSA) is 99.0 Å². The predicted octanol–water partition coefficient (Wildman–Crippen LogP) is 0.666. The van der Waals surface area contributed by atoms with E-state index >= 15 is 0 Å². The number of aliphatic hydroxyl groups excluding tert-OH is 1. The SMILES string of the molecule is Cc1ncn(CC(O)Cn2cc([N+](=O)[O-])cn2)c1C. The van der Waals surface area contributed by atoms with Gasteiger partial charge in [-0.2, -0.15) is 5.10 Å². The molecular formula is C11H15N5O3. The quantitative estimate of drug-likeness (QED) is 0.632. The van der Waals surface area contributed by atoms with E-state index in [0.29, 0.717) is 6.54 Å². The maximum absolute atomic E-state index is 10.5. The number of aryl methyl sites for hydroxylation is 1. The molecule has 2 aromatic heterocycles. The zero-order valence-electron chi connectivity index (χ0n) is 10.7. The Labute approximate surface area is 109 Å². The predicted molar refractivity (Wildman–Crippen MR) is 66.6 cm³/mol. The Balaban J connectivity index is 1.99. The molecule has 0 bridgehead atoms. The van der Waals surface area contributed by atoms with E-state index in [1.54, 1.807) is 6.33 Å². The summed E-state index contributed by atoms with van der Waals surface area (Å²) in [5, 5.41) is 24.3. The number of aliphatic hydroxyl groups is 1. The summed E-state index contributed by atoms with van der Waals surface area (Å²) in [4.78, 5) is 14.1. The van der Waals surface area contributed by atoms with Gasteiger partial charge in [0.05, 0.1) is 36.1 Å². The van der Waals surface area contributed by atoms with Crippen LogP contribution in [0.25, 0.3) is 0 Å². The highest BCUT2D eigenvalue weighted by Gasteiger charge is 2.13. The standard InChI is InChI=1S/C11H15N5O3/c1-8-9(2)14(7-12-8)5-11(17)6-15-4-10(3-13-15)16(18)19/h3-4,7,11,17H,5-6H2,1-2H3. The fourth-order valence-electron chi connectivity index (χ4n) is 1.78. The minimum absolute atomic E-state index is 0.0816. The van der Waals surface area contributed by atoms with E-state index in [2.05, 4.69) is 10.1 Å². The molecule has 19 heavy (non-hydrogen) atoms. The first-order valence-electron chi connectivity index (χ1n) is 5.80. The molecule has 0 spiro atoms. The third-order valence-corrected chi connectivity index (χ3v) is 2.98. The molecule has 8 nitrogen and oxygen atoms in total. The summed E-state index contributed by atoms with van der Waals surface area (Å²) in [5.41, 5.74) is 1.83. The molecule has 2 heterocycles. The molecule has 0 aliphatic rings. The van der Waals surface area contributed by atoms with Gasteiger partial charge in [0, 0.05) is 5.69 Å². The Kier molecular flexibility index (Phi) is 3.61. The van der Waals surface area contributed by atoms with Gasteiger partial charge in [-0.3, -0.25) is 14.8 Å². The van der Waals surface area contributed by atoms with Gasteiger partial charge in [-0.25, -0.2) is 4.98 Å². The van der Waals surface area contributed by atoms with E-state index in [1.807, 2.05) is 18.4 Å². The number of nitrogens with zero attached hydrogens (tertiary/aromatic N) is 5. The molecule has 1 atom stereocenters. The highest BCUT2D eigenvalue weighted by atomic mass is 16.6. The van der Waals surface area contributed by atoms with Crippen LogP contribution in [0.3, 0.4) is 0 Å². The molecule has 0 aliphatic heterocycles. The lowest BCUT2D eigenvalue weighted by Crippen LogP contribution is -2.22. The molecule has 0 saturated heterocycles. The van der Waals surface area contributed by atoms with Crippen molar-refractivity contribution in [3.63, 3.8) is 0 Å². The average Bonchev–Trinajstić information content (AvgIpc) is 2.91. The molecule has 1 N–H and O–H groups in total. The van der Waals surface area contributed by atoms with Crippen molar-refractivity contribution in [2.45, 2.75) is 33.0 Å². The lowest BCUT2D eigenvalue weighted by molar-refractivity contribution is -0.385. The minimum Gasteiger partial charge on any atom is -0.389 e. The summed E-state index contributed by atoms with van der Waals surface area (Å²) in [6.07, 6.45) is 3.44. The first-order chi connectivity index (χ1) is 8.97. The summed E-state index contributed by atoms with van der Waals surface area (Å²) >= 11 is 0. The van der Waals surface area contributed by atoms with Crippen LogP contribution < -0.4 is 0 Å². The molecule has 0 aromatic carbocycles. The van der Waals surface area contributed by atoms with Crippen LogP contribution in [-0.4, -0.2) is 35.5 Å². The summed E-state index contributed by atoms with van der Waals surface area (Å²) in [6.45, 7) is 4.40. The zero-order chi connectivity index (χ0) is 14.0. The van der Waals surface area contributed by atoms with Gasteiger partial charge in [0.1, 0.15) is 12.4 Å². The van der Waals surface area contributed by atoms with Crippen LogP contribution in [0, 0.1) is 24.0 Å². The number of aromatic nitrogens is 4. The van der Waals surface area contributed by atoms with Crippen molar-refractivity contribution in [3.8, 4) is 0 Å². The number of hydrogen-bond acceptors (Lipinski definition) is 5. The van der Waals surface area contributed by atoms with Crippen LogP contribution in [0.1, 0.15) is 11.4 Å². The molecule has 1 unspecified atom stereocenters. The summed E-state index contributed by atoms with van der Waals surface area (Å²) < 4.78 is 3.21. The van der Waals surface area contributed by atoms with Gasteiger partial charge in [-0.15, -0.1) is 0 Å². The monoisotopic (exact) mass is 265 g/mol. The first-order valence-corrected chi connectivity index (χ1v) is 5.80. The van der Waals surface area contributed by atoms with Crippen molar-refractivity contribution >= 4 is 5.69 Å². The number of hydrogen-bond donors (Lipinski definition) is 1. The van der Waals surface area contributed by atoms with E-state index in [-0.39, 0.29) is 12.2 Å². The normalized spacial score (nSPS) is 12.6. The minimum atomic E-state index is -0.688. The Morgan fingerprint density at radius 1 is 1.47 bits per heavy atom. The smallest absolute Gasteiger partial charge is 0.306 e. The van der Waals surface area contributed by atoms with Crippen LogP contribution in [0.4, 0.5) is 5.69 Å². The maximum Gasteiger partial charge on any atom is 0.306 e. The van der Waals surface area contributed by atoms with Crippen molar-refractivity contribution < 1.29 is 10.0 Å². The molecule has 0 radical (unpaired) electrons. The van der Waals surface area contributed by atoms with Crippen molar-refractivity contribution in [1.82, 2.24) is 19.3 Å². The van der Waals surface area contributed by atoms with Gasteiger partial charge in [-0.05, 0) is 13.8 Å². The van der Waals surface area contributed by atoms with Gasteiger partial charge >= 0.3 is 5.69 Å². The van der Waals surface area contributed by atoms with E-state index in [9.17, 15) is 15.2 Å². The second kappa shape index (κ2) is 5.19. The second-order valence-corrected chi connectivity index (χ2v) is 4.40. The molecular weight excluding hydrogens is 250 g/mol. The van der Waals surface area contributed by atoms with E-state index in [0.717, 1.165) is 11.4 Å². The van der Waals surface area contributed by atoms with Crippen molar-refractivity contribution in [1.29, 1.82) is 0 Å². The Hall–Kier alpha value is -2.22. The first kappa shape index (κ1) is 13.2. The Morgan fingerprint density at radius 2 is 2.21 bits per heavy atom. The van der Waals surface area contributed by atoms with Crippen molar-refractivity contribution in [2.24, 2.45) is 0 Å². The van der Waals surface area contributed by atoms with Gasteiger partial charge in [0.2, 0.25) is 0 Å².